The minimum atomic E-state index is 0.196. The molecule has 2 nitrogen and oxygen atoms in total. The first-order valence-electron chi connectivity index (χ1n) is 7.10. The van der Waals surface area contributed by atoms with Crippen molar-refractivity contribution in [3.63, 3.8) is 0 Å². The highest BCUT2D eigenvalue weighted by Gasteiger charge is 2.28. The summed E-state index contributed by atoms with van der Waals surface area (Å²) in [6.45, 7) is 3.07. The Morgan fingerprint density at radius 3 is 2.84 bits per heavy atom. The summed E-state index contributed by atoms with van der Waals surface area (Å²) in [4.78, 5) is 14.8. The zero-order valence-corrected chi connectivity index (χ0v) is 11.3. The van der Waals surface area contributed by atoms with Crippen LogP contribution in [-0.2, 0) is 0 Å². The van der Waals surface area contributed by atoms with Crippen molar-refractivity contribution in [1.82, 2.24) is 4.90 Å². The number of rotatable bonds is 2. The standard InChI is InChI=1S/C17H19NO/c1-2-14-9-6-12-18(14)17(19)16-11-5-8-13-7-3-4-10-15(13)16/h3-5,7-8,10-11,14H,2,6,9,12H2,1H3. The van der Waals surface area contributed by atoms with Crippen molar-refractivity contribution in [1.29, 1.82) is 0 Å². The third-order valence-electron chi connectivity index (χ3n) is 4.13. The maximum absolute atomic E-state index is 12.8. The van der Waals surface area contributed by atoms with Gasteiger partial charge in [-0.3, -0.25) is 4.79 Å². The van der Waals surface area contributed by atoms with E-state index >= 15 is 0 Å². The third kappa shape index (κ3) is 2.12. The second kappa shape index (κ2) is 5.04. The van der Waals surface area contributed by atoms with E-state index in [0.29, 0.717) is 6.04 Å². The highest BCUT2D eigenvalue weighted by Crippen LogP contribution is 2.25. The summed E-state index contributed by atoms with van der Waals surface area (Å²) in [5, 5.41) is 2.21. The Labute approximate surface area is 114 Å². The monoisotopic (exact) mass is 253 g/mol. The molecule has 1 fully saturated rings. The second-order valence-electron chi connectivity index (χ2n) is 5.23. The number of carbonyl (C=O) groups excluding carboxylic acids is 1. The molecule has 2 aromatic carbocycles. The molecule has 1 aliphatic heterocycles. The molecule has 1 atom stereocenters. The summed E-state index contributed by atoms with van der Waals surface area (Å²) in [7, 11) is 0. The highest BCUT2D eigenvalue weighted by atomic mass is 16.2. The van der Waals surface area contributed by atoms with Gasteiger partial charge < -0.3 is 4.90 Å². The normalized spacial score (nSPS) is 19.0. The number of benzene rings is 2. The Morgan fingerprint density at radius 2 is 2.00 bits per heavy atom. The predicted molar refractivity (Wildman–Crippen MR) is 78.3 cm³/mol. The molecule has 19 heavy (non-hydrogen) atoms. The summed E-state index contributed by atoms with van der Waals surface area (Å²) in [6, 6.07) is 14.5. The Kier molecular flexibility index (Phi) is 3.24. The van der Waals surface area contributed by atoms with Crippen molar-refractivity contribution in [2.24, 2.45) is 0 Å². The fraction of sp³-hybridized carbons (Fsp3) is 0.353. The Bertz CT molecular complexity index is 600. The lowest BCUT2D eigenvalue weighted by Gasteiger charge is -2.24. The quantitative estimate of drug-likeness (QED) is 0.796. The minimum absolute atomic E-state index is 0.196. The van der Waals surface area contributed by atoms with Gasteiger partial charge in [-0.05, 0) is 36.1 Å². The van der Waals surface area contributed by atoms with Gasteiger partial charge in [-0.1, -0.05) is 43.3 Å². The Hall–Kier alpha value is -1.83. The van der Waals surface area contributed by atoms with Crippen LogP contribution in [0, 0.1) is 0 Å². The molecule has 0 N–H and O–H groups in total. The van der Waals surface area contributed by atoms with Crippen LogP contribution in [0.4, 0.5) is 0 Å². The van der Waals surface area contributed by atoms with Gasteiger partial charge in [-0.2, -0.15) is 0 Å². The van der Waals surface area contributed by atoms with Gasteiger partial charge in [0, 0.05) is 18.2 Å². The van der Waals surface area contributed by atoms with Crippen LogP contribution in [0.15, 0.2) is 42.5 Å². The smallest absolute Gasteiger partial charge is 0.254 e. The van der Waals surface area contributed by atoms with E-state index in [0.717, 1.165) is 42.1 Å². The summed E-state index contributed by atoms with van der Waals surface area (Å²) < 4.78 is 0. The Balaban J connectivity index is 2.02. The highest BCUT2D eigenvalue weighted by molar-refractivity contribution is 6.07. The average Bonchev–Trinajstić information content (AvgIpc) is 2.94. The van der Waals surface area contributed by atoms with Crippen LogP contribution in [0.2, 0.25) is 0 Å². The van der Waals surface area contributed by atoms with Crippen LogP contribution in [0.1, 0.15) is 36.5 Å². The molecular weight excluding hydrogens is 234 g/mol. The topological polar surface area (TPSA) is 20.3 Å². The molecule has 3 rings (SSSR count). The summed E-state index contributed by atoms with van der Waals surface area (Å²) >= 11 is 0. The van der Waals surface area contributed by atoms with E-state index < -0.39 is 0 Å². The van der Waals surface area contributed by atoms with Crippen molar-refractivity contribution in [2.75, 3.05) is 6.54 Å². The van der Waals surface area contributed by atoms with Crippen molar-refractivity contribution in [2.45, 2.75) is 32.2 Å². The van der Waals surface area contributed by atoms with E-state index in [1.165, 1.54) is 0 Å². The first-order valence-corrected chi connectivity index (χ1v) is 7.10. The molecule has 0 aliphatic carbocycles. The summed E-state index contributed by atoms with van der Waals surface area (Å²) in [5.41, 5.74) is 0.846. The van der Waals surface area contributed by atoms with Crippen LogP contribution >= 0.6 is 0 Å². The van der Waals surface area contributed by atoms with Crippen molar-refractivity contribution in [3.8, 4) is 0 Å². The maximum Gasteiger partial charge on any atom is 0.254 e. The maximum atomic E-state index is 12.8. The Morgan fingerprint density at radius 1 is 1.21 bits per heavy atom. The molecule has 0 radical (unpaired) electrons. The SMILES string of the molecule is CCC1CCCN1C(=O)c1cccc2ccccc12. The number of hydrogen-bond donors (Lipinski definition) is 0. The average molecular weight is 253 g/mol. The lowest BCUT2D eigenvalue weighted by Crippen LogP contribution is -2.35. The predicted octanol–water partition coefficient (Wildman–Crippen LogP) is 3.85. The number of carbonyl (C=O) groups is 1. The molecule has 0 bridgehead atoms. The van der Waals surface area contributed by atoms with Gasteiger partial charge in [0.25, 0.3) is 5.91 Å². The molecule has 0 spiro atoms. The lowest BCUT2D eigenvalue weighted by molar-refractivity contribution is 0.0735. The van der Waals surface area contributed by atoms with Crippen LogP contribution in [0.5, 0.6) is 0 Å². The number of likely N-dealkylation sites (tertiary alicyclic amines) is 1. The molecule has 2 aromatic rings. The summed E-state index contributed by atoms with van der Waals surface area (Å²) in [6.07, 6.45) is 3.33. The largest absolute Gasteiger partial charge is 0.336 e. The molecular formula is C17H19NO. The van der Waals surface area contributed by atoms with Gasteiger partial charge in [0.1, 0.15) is 0 Å². The van der Waals surface area contributed by atoms with E-state index in [1.54, 1.807) is 0 Å². The van der Waals surface area contributed by atoms with Gasteiger partial charge >= 0.3 is 0 Å². The molecule has 1 amide bonds. The lowest BCUT2D eigenvalue weighted by atomic mass is 10.0. The number of hydrogen-bond acceptors (Lipinski definition) is 1. The first-order chi connectivity index (χ1) is 9.31. The fourth-order valence-electron chi connectivity index (χ4n) is 3.09. The zero-order valence-electron chi connectivity index (χ0n) is 11.3. The zero-order chi connectivity index (χ0) is 13.2. The van der Waals surface area contributed by atoms with Crippen LogP contribution in [0.3, 0.4) is 0 Å². The van der Waals surface area contributed by atoms with Gasteiger partial charge in [0.15, 0.2) is 0 Å². The van der Waals surface area contributed by atoms with Gasteiger partial charge in [-0.25, -0.2) is 0 Å². The third-order valence-corrected chi connectivity index (χ3v) is 4.13. The van der Waals surface area contributed by atoms with Gasteiger partial charge in [-0.15, -0.1) is 0 Å². The van der Waals surface area contributed by atoms with Crippen molar-refractivity contribution >= 4 is 16.7 Å². The van der Waals surface area contributed by atoms with Crippen LogP contribution in [-0.4, -0.2) is 23.4 Å². The molecule has 0 saturated carbocycles. The molecule has 1 aliphatic rings. The minimum Gasteiger partial charge on any atom is -0.336 e. The first kappa shape index (κ1) is 12.2. The molecule has 98 valence electrons. The number of nitrogens with zero attached hydrogens (tertiary/aromatic N) is 1. The van der Waals surface area contributed by atoms with E-state index in [1.807, 2.05) is 30.3 Å². The summed E-state index contributed by atoms with van der Waals surface area (Å²) in [5.74, 6) is 0.196. The molecule has 2 heteroatoms. The van der Waals surface area contributed by atoms with E-state index in [9.17, 15) is 4.79 Å². The second-order valence-corrected chi connectivity index (χ2v) is 5.23. The molecule has 1 heterocycles. The number of amides is 1. The molecule has 0 aromatic heterocycles. The van der Waals surface area contributed by atoms with Gasteiger partial charge in [0.05, 0.1) is 0 Å². The fourth-order valence-corrected chi connectivity index (χ4v) is 3.09. The van der Waals surface area contributed by atoms with Crippen molar-refractivity contribution < 1.29 is 4.79 Å². The van der Waals surface area contributed by atoms with E-state index in [-0.39, 0.29) is 5.91 Å². The van der Waals surface area contributed by atoms with Crippen LogP contribution in [0.25, 0.3) is 10.8 Å². The van der Waals surface area contributed by atoms with Crippen LogP contribution < -0.4 is 0 Å². The van der Waals surface area contributed by atoms with E-state index in [4.69, 9.17) is 0 Å². The van der Waals surface area contributed by atoms with Gasteiger partial charge in [0.2, 0.25) is 0 Å². The molecule has 1 unspecified atom stereocenters. The van der Waals surface area contributed by atoms with E-state index in [2.05, 4.69) is 24.0 Å². The van der Waals surface area contributed by atoms with Crippen molar-refractivity contribution in [3.05, 3.63) is 48.0 Å². The number of fused-ring (bicyclic) bond motifs is 1. The molecule has 1 saturated heterocycles.